The smallest absolute Gasteiger partial charge is 0.211 e. The molecule has 1 unspecified atom stereocenters. The highest BCUT2D eigenvalue weighted by molar-refractivity contribution is 5.65. The Balaban J connectivity index is 2.00. The molecule has 0 radical (unpaired) electrons. The van der Waals surface area contributed by atoms with E-state index < -0.39 is 0 Å². The predicted octanol–water partition coefficient (Wildman–Crippen LogP) is 4.82. The maximum atomic E-state index is 10.9. The van der Waals surface area contributed by atoms with Crippen LogP contribution in [0, 0.1) is 0 Å². The van der Waals surface area contributed by atoms with E-state index in [-0.39, 0.29) is 6.04 Å². The van der Waals surface area contributed by atoms with Gasteiger partial charge in [0, 0.05) is 0 Å². The van der Waals surface area contributed by atoms with Crippen LogP contribution >= 0.6 is 0 Å². The molecule has 0 N–H and O–H groups in total. The lowest BCUT2D eigenvalue weighted by Gasteiger charge is -2.20. The van der Waals surface area contributed by atoms with Gasteiger partial charge in [0.25, 0.3) is 0 Å². The number of rotatable bonds is 3. The van der Waals surface area contributed by atoms with Crippen LogP contribution in [0.5, 0.6) is 0 Å². The Hall–Kier alpha value is -2.96. The van der Waals surface area contributed by atoms with Gasteiger partial charge in [0.05, 0.1) is 0 Å². The summed E-state index contributed by atoms with van der Waals surface area (Å²) in [7, 11) is 0. The lowest BCUT2D eigenvalue weighted by molar-refractivity contribution is 0.561. The Labute approximate surface area is 136 Å². The molecule has 2 aromatic rings. The summed E-state index contributed by atoms with van der Waals surface area (Å²) in [6.45, 7) is 0. The molecule has 1 aliphatic carbocycles. The fourth-order valence-electron chi connectivity index (χ4n) is 2.73. The van der Waals surface area contributed by atoms with Gasteiger partial charge in [0.1, 0.15) is 6.04 Å². The van der Waals surface area contributed by atoms with E-state index in [9.17, 15) is 4.79 Å². The normalized spacial score (nSPS) is 20.4. The molecule has 0 fully saturated rings. The summed E-state index contributed by atoms with van der Waals surface area (Å²) in [6.07, 6.45) is 10.8. The first-order chi connectivity index (χ1) is 11.4. The molecule has 2 heteroatoms. The number of aliphatic imine (C=N–C) groups is 1. The molecule has 3 rings (SSSR count). The molecule has 0 spiro atoms. The van der Waals surface area contributed by atoms with Gasteiger partial charge in [-0.1, -0.05) is 78.9 Å². The van der Waals surface area contributed by atoms with Crippen LogP contribution < -0.4 is 0 Å². The molecule has 2 nitrogen and oxygen atoms in total. The first-order valence-electron chi connectivity index (χ1n) is 7.62. The van der Waals surface area contributed by atoms with Crippen molar-refractivity contribution in [2.24, 2.45) is 4.99 Å². The minimum absolute atomic E-state index is 0.266. The largest absolute Gasteiger partial charge is 0.235 e. The Bertz CT molecular complexity index is 794. The van der Waals surface area contributed by atoms with Gasteiger partial charge in [-0.25, -0.2) is 4.79 Å². The Morgan fingerprint density at radius 2 is 1.52 bits per heavy atom. The second kappa shape index (κ2) is 7.35. The van der Waals surface area contributed by atoms with Gasteiger partial charge < -0.3 is 0 Å². The van der Waals surface area contributed by atoms with E-state index in [2.05, 4.69) is 23.2 Å². The van der Waals surface area contributed by atoms with Crippen LogP contribution in [0.4, 0.5) is 0 Å². The number of benzene rings is 2. The Kier molecular flexibility index (Phi) is 4.78. The summed E-state index contributed by atoms with van der Waals surface area (Å²) in [4.78, 5) is 14.9. The molecule has 0 aromatic heterocycles. The molecule has 0 aliphatic heterocycles. The zero-order chi connectivity index (χ0) is 15.9. The number of hydrogen-bond donors (Lipinski definition) is 0. The topological polar surface area (TPSA) is 29.4 Å². The van der Waals surface area contributed by atoms with Crippen molar-refractivity contribution in [3.8, 4) is 0 Å². The molecule has 2 aromatic carbocycles. The van der Waals surface area contributed by atoms with Crippen LogP contribution in [0.1, 0.15) is 17.5 Å². The van der Waals surface area contributed by atoms with Gasteiger partial charge >= 0.3 is 0 Å². The van der Waals surface area contributed by atoms with Gasteiger partial charge in [0.2, 0.25) is 6.08 Å². The van der Waals surface area contributed by atoms with Crippen LogP contribution in [-0.4, -0.2) is 12.1 Å². The molecule has 1 atom stereocenters. The van der Waals surface area contributed by atoms with E-state index in [1.165, 1.54) is 0 Å². The standard InChI is InChI=1S/C21H17NO/c23-16-22-21-19(14-17-8-3-1-4-9-17)12-7-13-20(21)15-18-10-5-2-6-11-18/h1-12,14-15,21H,13H2. The number of hydrogen-bond acceptors (Lipinski definition) is 2. The van der Waals surface area contributed by atoms with Crippen LogP contribution in [0.2, 0.25) is 0 Å². The third-order valence-electron chi connectivity index (χ3n) is 3.80. The van der Waals surface area contributed by atoms with Crippen molar-refractivity contribution >= 4 is 18.2 Å². The molecular weight excluding hydrogens is 282 g/mol. The third kappa shape index (κ3) is 3.82. The minimum atomic E-state index is -0.266. The lowest BCUT2D eigenvalue weighted by Crippen LogP contribution is -2.13. The highest BCUT2D eigenvalue weighted by atomic mass is 16.1. The first kappa shape index (κ1) is 15.0. The van der Waals surface area contributed by atoms with E-state index >= 15 is 0 Å². The van der Waals surface area contributed by atoms with Crippen molar-refractivity contribution < 1.29 is 4.79 Å². The van der Waals surface area contributed by atoms with Crippen molar-refractivity contribution in [2.45, 2.75) is 12.5 Å². The summed E-state index contributed by atoms with van der Waals surface area (Å²) in [5.41, 5.74) is 4.32. The van der Waals surface area contributed by atoms with Crippen molar-refractivity contribution in [3.05, 3.63) is 95.1 Å². The van der Waals surface area contributed by atoms with Gasteiger partial charge in [-0.3, -0.25) is 0 Å². The monoisotopic (exact) mass is 299 g/mol. The summed E-state index contributed by atoms with van der Waals surface area (Å²) < 4.78 is 0. The molecular formula is C21H17NO. The van der Waals surface area contributed by atoms with Crippen LogP contribution in [0.25, 0.3) is 12.2 Å². The zero-order valence-electron chi connectivity index (χ0n) is 12.7. The highest BCUT2D eigenvalue weighted by Crippen LogP contribution is 2.29. The fourth-order valence-corrected chi connectivity index (χ4v) is 2.73. The molecule has 112 valence electrons. The van der Waals surface area contributed by atoms with Crippen molar-refractivity contribution in [1.82, 2.24) is 0 Å². The van der Waals surface area contributed by atoms with Crippen molar-refractivity contribution in [3.63, 3.8) is 0 Å². The van der Waals surface area contributed by atoms with E-state index in [1.54, 1.807) is 6.08 Å². The molecule has 0 heterocycles. The Morgan fingerprint density at radius 3 is 2.13 bits per heavy atom. The Morgan fingerprint density at radius 1 is 0.913 bits per heavy atom. The van der Waals surface area contributed by atoms with Crippen LogP contribution in [-0.2, 0) is 4.79 Å². The summed E-state index contributed by atoms with van der Waals surface area (Å²) in [5.74, 6) is 0. The lowest BCUT2D eigenvalue weighted by atomic mass is 9.88. The second-order valence-electron chi connectivity index (χ2n) is 5.41. The number of allylic oxidation sites excluding steroid dienone is 1. The molecule has 1 aliphatic rings. The number of nitrogens with zero attached hydrogens (tertiary/aromatic N) is 1. The van der Waals surface area contributed by atoms with Gasteiger partial charge in [-0.15, -0.1) is 0 Å². The number of carbonyl (C=O) groups excluding carboxylic acids is 1. The molecule has 23 heavy (non-hydrogen) atoms. The van der Waals surface area contributed by atoms with Crippen LogP contribution in [0.15, 0.2) is 89.0 Å². The molecule has 0 saturated carbocycles. The minimum Gasteiger partial charge on any atom is -0.211 e. The van der Waals surface area contributed by atoms with Crippen molar-refractivity contribution in [2.75, 3.05) is 0 Å². The maximum Gasteiger partial charge on any atom is 0.235 e. The molecule has 0 amide bonds. The fraction of sp³-hybridized carbons (Fsp3) is 0.0952. The average Bonchev–Trinajstić information content (AvgIpc) is 2.60. The van der Waals surface area contributed by atoms with Gasteiger partial charge in [-0.05, 0) is 34.8 Å². The summed E-state index contributed by atoms with van der Waals surface area (Å²) in [6, 6.07) is 19.9. The van der Waals surface area contributed by atoms with E-state index in [0.717, 1.165) is 28.7 Å². The predicted molar refractivity (Wildman–Crippen MR) is 94.5 cm³/mol. The highest BCUT2D eigenvalue weighted by Gasteiger charge is 2.19. The zero-order valence-corrected chi connectivity index (χ0v) is 12.7. The third-order valence-corrected chi connectivity index (χ3v) is 3.80. The van der Waals surface area contributed by atoms with Gasteiger partial charge in [-0.2, -0.15) is 4.99 Å². The average molecular weight is 299 g/mol. The summed E-state index contributed by atoms with van der Waals surface area (Å²) in [5, 5.41) is 0. The first-order valence-corrected chi connectivity index (χ1v) is 7.62. The van der Waals surface area contributed by atoms with E-state index in [4.69, 9.17) is 0 Å². The van der Waals surface area contributed by atoms with Crippen LogP contribution in [0.3, 0.4) is 0 Å². The quantitative estimate of drug-likeness (QED) is 0.590. The maximum absolute atomic E-state index is 10.9. The van der Waals surface area contributed by atoms with E-state index in [1.807, 2.05) is 66.7 Å². The molecule has 0 bridgehead atoms. The summed E-state index contributed by atoms with van der Waals surface area (Å²) >= 11 is 0. The SMILES string of the molecule is O=C=NC1C(=Cc2ccccc2)C=CCC1=Cc1ccccc1. The second-order valence-corrected chi connectivity index (χ2v) is 5.41. The van der Waals surface area contributed by atoms with Crippen molar-refractivity contribution in [1.29, 1.82) is 0 Å². The molecule has 0 saturated heterocycles. The van der Waals surface area contributed by atoms with Gasteiger partial charge in [0.15, 0.2) is 0 Å². The van der Waals surface area contributed by atoms with E-state index in [0.29, 0.717) is 0 Å². The number of isocyanates is 1.